The lowest BCUT2D eigenvalue weighted by Gasteiger charge is -2.19. The van der Waals surface area contributed by atoms with Crippen molar-refractivity contribution < 1.29 is 0 Å². The van der Waals surface area contributed by atoms with Crippen molar-refractivity contribution in [3.05, 3.63) is 30.0 Å². The van der Waals surface area contributed by atoms with E-state index in [0.717, 1.165) is 6.54 Å². The van der Waals surface area contributed by atoms with E-state index in [4.69, 9.17) is 0 Å². The van der Waals surface area contributed by atoms with Gasteiger partial charge < -0.3 is 0 Å². The van der Waals surface area contributed by atoms with E-state index >= 15 is 0 Å². The van der Waals surface area contributed by atoms with Gasteiger partial charge in [-0.2, -0.15) is 5.10 Å². The molecule has 0 fully saturated rings. The lowest BCUT2D eigenvalue weighted by molar-refractivity contribution is 0.590. The van der Waals surface area contributed by atoms with Crippen molar-refractivity contribution in [2.24, 2.45) is 0 Å². The zero-order valence-corrected chi connectivity index (χ0v) is 9.91. The molecular formula is C13H18N2. The largest absolute Gasteiger partial charge is 0.265 e. The zero-order valence-electron chi connectivity index (χ0n) is 9.91. The van der Waals surface area contributed by atoms with E-state index in [2.05, 4.69) is 51.0 Å². The Balaban J connectivity index is 2.63. The summed E-state index contributed by atoms with van der Waals surface area (Å²) < 4.78 is 2.05. The van der Waals surface area contributed by atoms with Crippen LogP contribution in [-0.4, -0.2) is 9.78 Å². The molecular weight excluding hydrogens is 184 g/mol. The molecule has 80 valence electrons. The minimum absolute atomic E-state index is 0.205. The third-order valence-corrected chi connectivity index (χ3v) is 2.81. The maximum absolute atomic E-state index is 4.35. The van der Waals surface area contributed by atoms with Crippen LogP contribution in [0.15, 0.2) is 24.4 Å². The predicted molar refractivity (Wildman–Crippen MR) is 64.1 cm³/mol. The van der Waals surface area contributed by atoms with Crippen molar-refractivity contribution >= 4 is 10.9 Å². The van der Waals surface area contributed by atoms with Gasteiger partial charge in [-0.3, -0.25) is 4.68 Å². The second-order valence-electron chi connectivity index (χ2n) is 4.98. The highest BCUT2D eigenvalue weighted by Crippen LogP contribution is 2.25. The molecule has 15 heavy (non-hydrogen) atoms. The molecule has 2 rings (SSSR count). The van der Waals surface area contributed by atoms with E-state index in [1.807, 2.05) is 10.9 Å². The third kappa shape index (κ3) is 1.76. The highest BCUT2D eigenvalue weighted by Gasteiger charge is 2.14. The Labute approximate surface area is 90.9 Å². The molecule has 0 spiro atoms. The Morgan fingerprint density at radius 1 is 1.27 bits per heavy atom. The molecule has 0 aliphatic rings. The van der Waals surface area contributed by atoms with Gasteiger partial charge in [-0.15, -0.1) is 0 Å². The highest BCUT2D eigenvalue weighted by atomic mass is 15.3. The van der Waals surface area contributed by atoms with Gasteiger partial charge in [0, 0.05) is 11.9 Å². The zero-order chi connectivity index (χ0) is 11.1. The topological polar surface area (TPSA) is 17.8 Å². The lowest BCUT2D eigenvalue weighted by atomic mass is 9.87. The second-order valence-corrected chi connectivity index (χ2v) is 4.98. The molecule has 0 aliphatic carbocycles. The van der Waals surface area contributed by atoms with Gasteiger partial charge in [0.05, 0.1) is 11.7 Å². The fraction of sp³-hybridized carbons (Fsp3) is 0.462. The molecule has 0 atom stereocenters. The van der Waals surface area contributed by atoms with Crippen LogP contribution in [-0.2, 0) is 12.0 Å². The molecule has 0 N–H and O–H groups in total. The van der Waals surface area contributed by atoms with Crippen LogP contribution in [0, 0.1) is 0 Å². The van der Waals surface area contributed by atoms with Gasteiger partial charge in [0.25, 0.3) is 0 Å². The second kappa shape index (κ2) is 3.37. The average Bonchev–Trinajstić information content (AvgIpc) is 2.57. The van der Waals surface area contributed by atoms with Crippen molar-refractivity contribution in [1.29, 1.82) is 0 Å². The van der Waals surface area contributed by atoms with Crippen LogP contribution in [0.2, 0.25) is 0 Å². The first-order valence-electron chi connectivity index (χ1n) is 5.48. The summed E-state index contributed by atoms with van der Waals surface area (Å²) in [5.41, 5.74) is 2.81. The van der Waals surface area contributed by atoms with Crippen LogP contribution in [0.1, 0.15) is 33.3 Å². The number of fused-ring (bicyclic) bond motifs is 1. The number of benzene rings is 1. The molecule has 2 aromatic rings. The molecule has 1 aromatic heterocycles. The predicted octanol–water partition coefficient (Wildman–Crippen LogP) is 3.35. The van der Waals surface area contributed by atoms with Crippen LogP contribution >= 0.6 is 0 Å². The van der Waals surface area contributed by atoms with E-state index in [1.54, 1.807) is 0 Å². The van der Waals surface area contributed by atoms with Crippen LogP contribution in [0.3, 0.4) is 0 Å². The Bertz CT molecular complexity index is 475. The molecule has 1 aromatic carbocycles. The number of aryl methyl sites for hydroxylation is 1. The summed E-state index contributed by atoms with van der Waals surface area (Å²) in [6, 6.07) is 6.62. The summed E-state index contributed by atoms with van der Waals surface area (Å²) >= 11 is 0. The van der Waals surface area contributed by atoms with E-state index < -0.39 is 0 Å². The van der Waals surface area contributed by atoms with Gasteiger partial charge in [0.1, 0.15) is 0 Å². The fourth-order valence-corrected chi connectivity index (χ4v) is 1.79. The Morgan fingerprint density at radius 2 is 2.00 bits per heavy atom. The van der Waals surface area contributed by atoms with Crippen molar-refractivity contribution in [1.82, 2.24) is 9.78 Å². The Hall–Kier alpha value is -1.31. The van der Waals surface area contributed by atoms with Gasteiger partial charge in [-0.05, 0) is 24.0 Å². The summed E-state index contributed by atoms with van der Waals surface area (Å²) in [5, 5.41) is 5.58. The smallest absolute Gasteiger partial charge is 0.0685 e. The van der Waals surface area contributed by atoms with Crippen molar-refractivity contribution in [3.8, 4) is 0 Å². The van der Waals surface area contributed by atoms with Crippen LogP contribution < -0.4 is 0 Å². The summed E-state index contributed by atoms with van der Waals surface area (Å²) in [6.45, 7) is 9.76. The minimum Gasteiger partial charge on any atom is -0.265 e. The first-order chi connectivity index (χ1) is 7.02. The van der Waals surface area contributed by atoms with E-state index in [0.29, 0.717) is 0 Å². The molecule has 2 nitrogen and oxygen atoms in total. The van der Waals surface area contributed by atoms with Crippen molar-refractivity contribution in [2.75, 3.05) is 0 Å². The number of rotatable bonds is 1. The Morgan fingerprint density at radius 3 is 2.60 bits per heavy atom. The monoisotopic (exact) mass is 202 g/mol. The number of hydrogen-bond acceptors (Lipinski definition) is 1. The van der Waals surface area contributed by atoms with Gasteiger partial charge in [-0.1, -0.05) is 32.9 Å². The fourth-order valence-electron chi connectivity index (χ4n) is 1.79. The van der Waals surface area contributed by atoms with Crippen molar-refractivity contribution in [2.45, 2.75) is 39.7 Å². The van der Waals surface area contributed by atoms with Crippen LogP contribution in [0.4, 0.5) is 0 Å². The lowest BCUT2D eigenvalue weighted by Crippen LogP contribution is -2.11. The summed E-state index contributed by atoms with van der Waals surface area (Å²) in [6.07, 6.45) is 1.94. The summed E-state index contributed by atoms with van der Waals surface area (Å²) in [5.74, 6) is 0. The van der Waals surface area contributed by atoms with E-state index in [1.165, 1.54) is 16.5 Å². The molecule has 0 bridgehead atoms. The Kier molecular flexibility index (Phi) is 2.29. The number of aromatic nitrogens is 2. The number of nitrogens with zero attached hydrogens (tertiary/aromatic N) is 2. The van der Waals surface area contributed by atoms with Crippen LogP contribution in [0.5, 0.6) is 0 Å². The molecule has 0 aliphatic heterocycles. The normalized spacial score (nSPS) is 12.3. The van der Waals surface area contributed by atoms with Gasteiger partial charge >= 0.3 is 0 Å². The van der Waals surface area contributed by atoms with Gasteiger partial charge in [0.2, 0.25) is 0 Å². The van der Waals surface area contributed by atoms with Gasteiger partial charge in [-0.25, -0.2) is 0 Å². The molecule has 1 heterocycles. The maximum Gasteiger partial charge on any atom is 0.0685 e. The quantitative estimate of drug-likeness (QED) is 0.693. The maximum atomic E-state index is 4.35. The van der Waals surface area contributed by atoms with E-state index in [-0.39, 0.29) is 5.41 Å². The van der Waals surface area contributed by atoms with Gasteiger partial charge in [0.15, 0.2) is 0 Å². The summed E-state index contributed by atoms with van der Waals surface area (Å²) in [4.78, 5) is 0. The average molecular weight is 202 g/mol. The molecule has 0 unspecified atom stereocenters. The summed E-state index contributed by atoms with van der Waals surface area (Å²) in [7, 11) is 0. The van der Waals surface area contributed by atoms with Crippen molar-refractivity contribution in [3.63, 3.8) is 0 Å². The standard InChI is InChI=1S/C13H18N2/c1-5-15-12-8-11(13(2,3)4)7-6-10(12)9-14-15/h6-9H,5H2,1-4H3. The van der Waals surface area contributed by atoms with E-state index in [9.17, 15) is 0 Å². The molecule has 0 saturated carbocycles. The molecule has 0 saturated heterocycles. The molecule has 0 amide bonds. The highest BCUT2D eigenvalue weighted by molar-refractivity contribution is 5.79. The van der Waals surface area contributed by atoms with Crippen LogP contribution in [0.25, 0.3) is 10.9 Å². The molecule has 0 radical (unpaired) electrons. The SMILES string of the molecule is CCn1ncc2ccc(C(C)(C)C)cc21. The first kappa shape index (κ1) is 10.2. The first-order valence-corrected chi connectivity index (χ1v) is 5.48. The minimum atomic E-state index is 0.205. The third-order valence-electron chi connectivity index (χ3n) is 2.81. The number of hydrogen-bond donors (Lipinski definition) is 0. The molecule has 2 heteroatoms.